The van der Waals surface area contributed by atoms with Crippen molar-refractivity contribution in [3.05, 3.63) is 0 Å². The van der Waals surface area contributed by atoms with Crippen LogP contribution in [-0.4, -0.2) is 87.4 Å². The Bertz CT molecular complexity index is 429. The molecular weight excluding hydrogens is 350 g/mol. The van der Waals surface area contributed by atoms with E-state index in [9.17, 15) is 0 Å². The Kier molecular flexibility index (Phi) is 11.2. The van der Waals surface area contributed by atoms with Crippen LogP contribution in [0.15, 0.2) is 4.99 Å². The summed E-state index contributed by atoms with van der Waals surface area (Å²) in [6.07, 6.45) is 9.93. The van der Waals surface area contributed by atoms with Crippen LogP contribution in [0.3, 0.4) is 0 Å². The summed E-state index contributed by atoms with van der Waals surface area (Å²) in [5, 5.41) is 6.94. The Morgan fingerprint density at radius 1 is 0.964 bits per heavy atom. The summed E-state index contributed by atoms with van der Waals surface area (Å²) in [6, 6.07) is 0. The molecule has 0 spiro atoms. The zero-order chi connectivity index (χ0) is 20.1. The number of guanidine groups is 1. The lowest BCUT2D eigenvalue weighted by atomic mass is 9.84. The van der Waals surface area contributed by atoms with Crippen molar-refractivity contribution in [1.82, 2.24) is 20.4 Å². The summed E-state index contributed by atoms with van der Waals surface area (Å²) >= 11 is 0. The van der Waals surface area contributed by atoms with Crippen LogP contribution in [0.5, 0.6) is 0 Å². The maximum Gasteiger partial charge on any atom is 0.191 e. The first-order chi connectivity index (χ1) is 13.7. The maximum absolute atomic E-state index is 5.66. The number of aliphatic imine (C=N–C) groups is 1. The van der Waals surface area contributed by atoms with E-state index >= 15 is 0 Å². The molecule has 0 aromatic rings. The molecule has 0 atom stereocenters. The van der Waals surface area contributed by atoms with Crippen LogP contribution < -0.4 is 10.6 Å². The van der Waals surface area contributed by atoms with Gasteiger partial charge in [-0.1, -0.05) is 19.8 Å². The third kappa shape index (κ3) is 7.88. The van der Waals surface area contributed by atoms with Gasteiger partial charge in [-0.25, -0.2) is 0 Å². The molecule has 2 fully saturated rings. The van der Waals surface area contributed by atoms with Gasteiger partial charge in [-0.2, -0.15) is 0 Å². The minimum atomic E-state index is 0.249. The number of piperidine rings is 2. The van der Waals surface area contributed by atoms with Crippen molar-refractivity contribution in [2.24, 2.45) is 4.99 Å². The summed E-state index contributed by atoms with van der Waals surface area (Å²) in [5.74, 6) is 0.964. The Morgan fingerprint density at radius 3 is 2.36 bits per heavy atom. The number of likely N-dealkylation sites (tertiary alicyclic amines) is 2. The van der Waals surface area contributed by atoms with Crippen molar-refractivity contribution in [3.8, 4) is 0 Å². The third-order valence-electron chi connectivity index (χ3n) is 6.22. The van der Waals surface area contributed by atoms with Crippen LogP contribution in [0, 0.1) is 0 Å². The van der Waals surface area contributed by atoms with Crippen LogP contribution in [0.2, 0.25) is 0 Å². The third-order valence-corrected chi connectivity index (χ3v) is 6.22. The van der Waals surface area contributed by atoms with Gasteiger partial charge in [0.05, 0.1) is 6.54 Å². The van der Waals surface area contributed by atoms with Gasteiger partial charge < -0.3 is 20.3 Å². The van der Waals surface area contributed by atoms with Gasteiger partial charge in [-0.05, 0) is 78.7 Å². The smallest absolute Gasteiger partial charge is 0.191 e. The molecule has 0 amide bonds. The van der Waals surface area contributed by atoms with E-state index in [0.717, 1.165) is 51.6 Å². The van der Waals surface area contributed by atoms with Crippen molar-refractivity contribution < 1.29 is 4.74 Å². The molecule has 28 heavy (non-hydrogen) atoms. The Balaban J connectivity index is 1.87. The summed E-state index contributed by atoms with van der Waals surface area (Å²) in [6.45, 7) is 13.6. The highest BCUT2D eigenvalue weighted by molar-refractivity contribution is 5.79. The minimum absolute atomic E-state index is 0.249. The zero-order valence-corrected chi connectivity index (χ0v) is 18.8. The van der Waals surface area contributed by atoms with Gasteiger partial charge in [0.15, 0.2) is 5.96 Å². The predicted molar refractivity (Wildman–Crippen MR) is 119 cm³/mol. The molecule has 0 bridgehead atoms. The topological polar surface area (TPSA) is 52.1 Å². The van der Waals surface area contributed by atoms with E-state index in [1.165, 1.54) is 64.7 Å². The van der Waals surface area contributed by atoms with Gasteiger partial charge in [-0.15, -0.1) is 0 Å². The first-order valence-corrected chi connectivity index (χ1v) is 11.7. The molecule has 2 heterocycles. The van der Waals surface area contributed by atoms with Crippen LogP contribution in [0.4, 0.5) is 0 Å². The van der Waals surface area contributed by atoms with Gasteiger partial charge in [0.25, 0.3) is 0 Å². The highest BCUT2D eigenvalue weighted by atomic mass is 16.5. The van der Waals surface area contributed by atoms with E-state index in [-0.39, 0.29) is 5.54 Å². The number of nitrogens with one attached hydrogen (secondary N) is 2. The molecule has 2 N–H and O–H groups in total. The van der Waals surface area contributed by atoms with Crippen LogP contribution in [0.1, 0.15) is 65.2 Å². The lowest BCUT2D eigenvalue weighted by molar-refractivity contribution is 0.0208. The molecule has 164 valence electrons. The second-order valence-corrected chi connectivity index (χ2v) is 8.52. The van der Waals surface area contributed by atoms with Crippen molar-refractivity contribution in [2.75, 3.05) is 66.1 Å². The Hall–Kier alpha value is -0.850. The fourth-order valence-electron chi connectivity index (χ4n) is 4.27. The molecule has 2 aliphatic heterocycles. The van der Waals surface area contributed by atoms with E-state index in [1.54, 1.807) is 0 Å². The van der Waals surface area contributed by atoms with Crippen molar-refractivity contribution in [2.45, 2.75) is 70.8 Å². The molecule has 0 radical (unpaired) electrons. The standard InChI is InChI=1S/C22H45N5O/c1-4-6-18-28-19-10-13-24-21(23-5-2)25-20-22(11-16-26(3)17-12-22)27-14-8-7-9-15-27/h4-20H2,1-3H3,(H2,23,24,25). The average Bonchev–Trinajstić information content (AvgIpc) is 2.73. The summed E-state index contributed by atoms with van der Waals surface area (Å²) < 4.78 is 5.66. The van der Waals surface area contributed by atoms with Crippen molar-refractivity contribution in [3.63, 3.8) is 0 Å². The number of ether oxygens (including phenoxy) is 1. The van der Waals surface area contributed by atoms with Crippen LogP contribution in [0.25, 0.3) is 0 Å². The van der Waals surface area contributed by atoms with Gasteiger partial charge in [-0.3, -0.25) is 9.89 Å². The highest BCUT2D eigenvalue weighted by Crippen LogP contribution is 2.31. The minimum Gasteiger partial charge on any atom is -0.381 e. The molecule has 0 aliphatic carbocycles. The van der Waals surface area contributed by atoms with Gasteiger partial charge in [0, 0.05) is 31.8 Å². The zero-order valence-electron chi connectivity index (χ0n) is 18.8. The van der Waals surface area contributed by atoms with Gasteiger partial charge >= 0.3 is 0 Å². The number of hydrogen-bond acceptors (Lipinski definition) is 4. The first-order valence-electron chi connectivity index (χ1n) is 11.7. The molecular formula is C22H45N5O. The quantitative estimate of drug-likeness (QED) is 0.320. The molecule has 2 rings (SSSR count). The summed E-state index contributed by atoms with van der Waals surface area (Å²) in [5.41, 5.74) is 0.249. The van der Waals surface area contributed by atoms with Crippen LogP contribution in [-0.2, 0) is 4.74 Å². The molecule has 0 unspecified atom stereocenters. The molecule has 0 aromatic carbocycles. The van der Waals surface area contributed by atoms with E-state index in [4.69, 9.17) is 9.73 Å². The number of hydrogen-bond donors (Lipinski definition) is 2. The van der Waals surface area contributed by atoms with Crippen molar-refractivity contribution in [1.29, 1.82) is 0 Å². The number of rotatable bonds is 11. The molecule has 2 aliphatic rings. The molecule has 6 nitrogen and oxygen atoms in total. The van der Waals surface area contributed by atoms with E-state index < -0.39 is 0 Å². The van der Waals surface area contributed by atoms with E-state index in [0.29, 0.717) is 0 Å². The SMILES string of the molecule is CCCCOCCCNC(=NCC1(N2CCCCC2)CCN(C)CC1)NCC. The lowest BCUT2D eigenvalue weighted by Gasteiger charge is -2.49. The summed E-state index contributed by atoms with van der Waals surface area (Å²) in [7, 11) is 2.25. The lowest BCUT2D eigenvalue weighted by Crippen LogP contribution is -2.58. The predicted octanol–water partition coefficient (Wildman–Crippen LogP) is 2.70. The number of nitrogens with zero attached hydrogens (tertiary/aromatic N) is 3. The van der Waals surface area contributed by atoms with Gasteiger partial charge in [0.2, 0.25) is 0 Å². The monoisotopic (exact) mass is 395 g/mol. The van der Waals surface area contributed by atoms with E-state index in [2.05, 4.69) is 41.3 Å². The molecule has 6 heteroatoms. The number of unbranched alkanes of at least 4 members (excludes halogenated alkanes) is 1. The van der Waals surface area contributed by atoms with Gasteiger partial charge in [0.1, 0.15) is 0 Å². The summed E-state index contributed by atoms with van der Waals surface area (Å²) in [4.78, 5) is 10.3. The van der Waals surface area contributed by atoms with Crippen LogP contribution >= 0.6 is 0 Å². The normalized spacial score (nSPS) is 21.6. The highest BCUT2D eigenvalue weighted by Gasteiger charge is 2.39. The molecule has 2 saturated heterocycles. The Morgan fingerprint density at radius 2 is 1.68 bits per heavy atom. The van der Waals surface area contributed by atoms with E-state index in [1.807, 2.05) is 0 Å². The maximum atomic E-state index is 5.66. The largest absolute Gasteiger partial charge is 0.381 e. The molecule has 0 saturated carbocycles. The fraction of sp³-hybridized carbons (Fsp3) is 0.955. The second kappa shape index (κ2) is 13.4. The first kappa shape index (κ1) is 23.4. The average molecular weight is 396 g/mol. The Labute approximate surface area is 173 Å². The van der Waals surface area contributed by atoms with Crippen molar-refractivity contribution >= 4 is 5.96 Å². The molecule has 0 aromatic heterocycles. The second-order valence-electron chi connectivity index (χ2n) is 8.52. The fourth-order valence-corrected chi connectivity index (χ4v) is 4.27.